The molecule has 0 spiro atoms. The number of hydrogen-bond acceptors (Lipinski definition) is 6. The summed E-state index contributed by atoms with van der Waals surface area (Å²) in [4.78, 5) is 26.7. The van der Waals surface area contributed by atoms with Gasteiger partial charge in [-0.1, -0.05) is 30.3 Å². The molecule has 0 aliphatic carbocycles. The Kier molecular flexibility index (Phi) is 7.50. The summed E-state index contributed by atoms with van der Waals surface area (Å²) < 4.78 is 12.2. The molecular formula is C26H33N3O5. The van der Waals surface area contributed by atoms with E-state index in [1.54, 1.807) is 4.90 Å². The van der Waals surface area contributed by atoms with E-state index in [1.165, 1.54) is 0 Å². The third-order valence-corrected chi connectivity index (χ3v) is 6.33. The lowest BCUT2D eigenvalue weighted by Crippen LogP contribution is -2.47. The Labute approximate surface area is 200 Å². The van der Waals surface area contributed by atoms with Crippen molar-refractivity contribution >= 4 is 17.5 Å². The largest absolute Gasteiger partial charge is 0.487 e. The quantitative estimate of drug-likeness (QED) is 0.552. The SMILES string of the molecule is C[C@@H](NC(=O)C[C@@H]1C[C@@H]2c3cc(NC(=O)CN(C)C)ccc3O[C@@H]2[C@H](CO)O1)c1ccccc1. The number of rotatable bonds is 8. The molecule has 2 aliphatic heterocycles. The number of benzene rings is 2. The Morgan fingerprint density at radius 1 is 1.15 bits per heavy atom. The van der Waals surface area contributed by atoms with Crippen LogP contribution in [0.2, 0.25) is 0 Å². The number of fused-ring (bicyclic) bond motifs is 3. The number of ether oxygens (including phenoxy) is 2. The number of carbonyl (C=O) groups excluding carboxylic acids is 2. The molecule has 4 rings (SSSR count). The van der Waals surface area contributed by atoms with E-state index in [9.17, 15) is 14.7 Å². The summed E-state index contributed by atoms with van der Waals surface area (Å²) in [7, 11) is 3.68. The van der Waals surface area contributed by atoms with Crippen molar-refractivity contribution in [2.24, 2.45) is 0 Å². The van der Waals surface area contributed by atoms with E-state index in [2.05, 4.69) is 10.6 Å². The topological polar surface area (TPSA) is 100 Å². The summed E-state index contributed by atoms with van der Waals surface area (Å²) in [6.45, 7) is 2.05. The summed E-state index contributed by atoms with van der Waals surface area (Å²) >= 11 is 0. The van der Waals surface area contributed by atoms with E-state index in [0.717, 1.165) is 16.9 Å². The molecule has 0 bridgehead atoms. The fourth-order valence-electron chi connectivity index (χ4n) is 4.79. The van der Waals surface area contributed by atoms with Crippen molar-refractivity contribution in [2.45, 2.75) is 50.0 Å². The fourth-order valence-corrected chi connectivity index (χ4v) is 4.79. The molecule has 2 aromatic carbocycles. The Bertz CT molecular complexity index is 1010. The molecule has 2 amide bonds. The molecule has 0 aromatic heterocycles. The first-order valence-corrected chi connectivity index (χ1v) is 11.7. The van der Waals surface area contributed by atoms with Gasteiger partial charge in [-0.15, -0.1) is 0 Å². The number of likely N-dealkylation sites (N-methyl/N-ethyl adjacent to an activating group) is 1. The predicted octanol–water partition coefficient (Wildman–Crippen LogP) is 2.45. The maximum Gasteiger partial charge on any atom is 0.238 e. The van der Waals surface area contributed by atoms with Crippen LogP contribution in [0.5, 0.6) is 5.75 Å². The summed E-state index contributed by atoms with van der Waals surface area (Å²) in [5.74, 6) is 0.504. The molecule has 182 valence electrons. The minimum absolute atomic E-state index is 0.0315. The lowest BCUT2D eigenvalue weighted by atomic mass is 9.84. The molecule has 0 saturated carbocycles. The lowest BCUT2D eigenvalue weighted by Gasteiger charge is -2.37. The first-order chi connectivity index (χ1) is 16.3. The fraction of sp³-hybridized carbons (Fsp3) is 0.462. The molecule has 5 atom stereocenters. The average Bonchev–Trinajstić information content (AvgIpc) is 3.16. The number of amides is 2. The van der Waals surface area contributed by atoms with Gasteiger partial charge in [0, 0.05) is 17.2 Å². The molecule has 8 heteroatoms. The van der Waals surface area contributed by atoms with Crippen LogP contribution in [-0.2, 0) is 14.3 Å². The first-order valence-electron chi connectivity index (χ1n) is 11.7. The van der Waals surface area contributed by atoms with Gasteiger partial charge in [0.1, 0.15) is 18.0 Å². The van der Waals surface area contributed by atoms with Crippen LogP contribution < -0.4 is 15.4 Å². The minimum atomic E-state index is -0.526. The Balaban J connectivity index is 1.43. The maximum absolute atomic E-state index is 12.8. The van der Waals surface area contributed by atoms with Crippen molar-refractivity contribution in [1.29, 1.82) is 0 Å². The highest BCUT2D eigenvalue weighted by atomic mass is 16.6. The minimum Gasteiger partial charge on any atom is -0.487 e. The van der Waals surface area contributed by atoms with E-state index in [0.29, 0.717) is 18.7 Å². The number of anilines is 1. The zero-order valence-corrected chi connectivity index (χ0v) is 19.9. The summed E-state index contributed by atoms with van der Waals surface area (Å²) in [6.07, 6.45) is -0.400. The van der Waals surface area contributed by atoms with Gasteiger partial charge in [0.05, 0.1) is 31.7 Å². The van der Waals surface area contributed by atoms with Gasteiger partial charge in [0.25, 0.3) is 0 Å². The summed E-state index contributed by atoms with van der Waals surface area (Å²) in [5, 5.41) is 15.9. The van der Waals surface area contributed by atoms with E-state index < -0.39 is 6.10 Å². The zero-order valence-electron chi connectivity index (χ0n) is 19.9. The molecule has 2 aliphatic rings. The monoisotopic (exact) mass is 467 g/mol. The standard InChI is InChI=1S/C26H33N3O5/c1-16(17-7-5-4-6-8-17)27-24(31)13-19-12-21-20-11-18(28-25(32)14-29(2)3)9-10-22(20)34-26(21)23(15-30)33-19/h4-11,16,19,21,23,26,30H,12-15H2,1-3H3,(H,27,31)(H,28,32)/t16-,19+,21-,23+,26+/m1/s1. The van der Waals surface area contributed by atoms with E-state index in [-0.39, 0.29) is 49.0 Å². The van der Waals surface area contributed by atoms with Gasteiger partial charge >= 0.3 is 0 Å². The van der Waals surface area contributed by atoms with Crippen LogP contribution in [0.3, 0.4) is 0 Å². The molecule has 34 heavy (non-hydrogen) atoms. The second-order valence-corrected chi connectivity index (χ2v) is 9.35. The second-order valence-electron chi connectivity index (χ2n) is 9.35. The van der Waals surface area contributed by atoms with Gasteiger partial charge in [0.15, 0.2) is 0 Å². The summed E-state index contributed by atoms with van der Waals surface area (Å²) in [5.41, 5.74) is 2.71. The van der Waals surface area contributed by atoms with E-state index >= 15 is 0 Å². The van der Waals surface area contributed by atoms with Gasteiger partial charge in [-0.05, 0) is 51.2 Å². The Morgan fingerprint density at radius 3 is 2.62 bits per heavy atom. The average molecular weight is 468 g/mol. The highest BCUT2D eigenvalue weighted by Gasteiger charge is 2.46. The molecule has 0 unspecified atom stereocenters. The Morgan fingerprint density at radius 2 is 1.91 bits per heavy atom. The number of aliphatic hydroxyl groups excluding tert-OH is 1. The molecule has 8 nitrogen and oxygen atoms in total. The van der Waals surface area contributed by atoms with Crippen LogP contribution >= 0.6 is 0 Å². The van der Waals surface area contributed by atoms with Gasteiger partial charge < -0.3 is 30.1 Å². The number of hydrogen-bond donors (Lipinski definition) is 3. The number of nitrogens with zero attached hydrogens (tertiary/aromatic N) is 1. The van der Waals surface area contributed by atoms with E-state index in [4.69, 9.17) is 9.47 Å². The number of aliphatic hydroxyl groups is 1. The normalized spacial score (nSPS) is 24.0. The third kappa shape index (κ3) is 5.58. The van der Waals surface area contributed by atoms with Crippen molar-refractivity contribution in [3.63, 3.8) is 0 Å². The van der Waals surface area contributed by atoms with Crippen LogP contribution in [0.4, 0.5) is 5.69 Å². The van der Waals surface area contributed by atoms with Crippen molar-refractivity contribution in [1.82, 2.24) is 10.2 Å². The van der Waals surface area contributed by atoms with Gasteiger partial charge in [-0.2, -0.15) is 0 Å². The number of nitrogens with one attached hydrogen (secondary N) is 2. The van der Waals surface area contributed by atoms with Crippen LogP contribution in [0.25, 0.3) is 0 Å². The highest BCUT2D eigenvalue weighted by Crippen LogP contribution is 2.47. The lowest BCUT2D eigenvalue weighted by molar-refractivity contribution is -0.142. The van der Waals surface area contributed by atoms with Crippen LogP contribution in [0.15, 0.2) is 48.5 Å². The molecule has 0 radical (unpaired) electrons. The van der Waals surface area contributed by atoms with Crippen LogP contribution in [0.1, 0.15) is 42.9 Å². The second kappa shape index (κ2) is 10.5. The molecular weight excluding hydrogens is 434 g/mol. The van der Waals surface area contributed by atoms with Crippen molar-refractivity contribution in [3.05, 3.63) is 59.7 Å². The van der Waals surface area contributed by atoms with E-state index in [1.807, 2.05) is 69.6 Å². The van der Waals surface area contributed by atoms with Crippen LogP contribution in [-0.4, -0.2) is 67.4 Å². The molecule has 1 saturated heterocycles. The summed E-state index contributed by atoms with van der Waals surface area (Å²) in [6, 6.07) is 15.3. The molecule has 2 heterocycles. The predicted molar refractivity (Wildman–Crippen MR) is 129 cm³/mol. The van der Waals surface area contributed by atoms with Crippen LogP contribution in [0, 0.1) is 0 Å². The van der Waals surface area contributed by atoms with Gasteiger partial charge in [-0.25, -0.2) is 0 Å². The molecule has 3 N–H and O–H groups in total. The molecule has 2 aromatic rings. The highest BCUT2D eigenvalue weighted by molar-refractivity contribution is 5.92. The maximum atomic E-state index is 12.8. The Hall–Kier alpha value is -2.94. The zero-order chi connectivity index (χ0) is 24.2. The van der Waals surface area contributed by atoms with Crippen molar-refractivity contribution < 1.29 is 24.2 Å². The molecule has 1 fully saturated rings. The first kappa shape index (κ1) is 24.2. The van der Waals surface area contributed by atoms with Gasteiger partial charge in [-0.3, -0.25) is 9.59 Å². The van der Waals surface area contributed by atoms with Crippen molar-refractivity contribution in [3.8, 4) is 5.75 Å². The smallest absolute Gasteiger partial charge is 0.238 e. The van der Waals surface area contributed by atoms with Gasteiger partial charge in [0.2, 0.25) is 11.8 Å². The number of carbonyl (C=O) groups is 2. The van der Waals surface area contributed by atoms with Crippen molar-refractivity contribution in [2.75, 3.05) is 32.6 Å². The third-order valence-electron chi connectivity index (χ3n) is 6.33.